The number of ether oxygens (including phenoxy) is 1. The van der Waals surface area contributed by atoms with E-state index in [0.29, 0.717) is 12.3 Å². The van der Waals surface area contributed by atoms with Gasteiger partial charge < -0.3 is 9.84 Å². The van der Waals surface area contributed by atoms with Gasteiger partial charge in [0.05, 0.1) is 12.3 Å². The highest BCUT2D eigenvalue weighted by Crippen LogP contribution is 2.44. The Labute approximate surface area is 110 Å². The average Bonchev–Trinajstić information content (AvgIpc) is 2.74. The van der Waals surface area contributed by atoms with Crippen LogP contribution in [0.15, 0.2) is 30.5 Å². The van der Waals surface area contributed by atoms with Crippen LogP contribution in [0, 0.1) is 12.7 Å². The lowest BCUT2D eigenvalue weighted by atomic mass is 9.88. The largest absolute Gasteiger partial charge is 0.506 e. The van der Waals surface area contributed by atoms with Gasteiger partial charge in [-0.1, -0.05) is 12.1 Å². The van der Waals surface area contributed by atoms with E-state index in [9.17, 15) is 9.50 Å². The molecule has 1 aromatic heterocycles. The summed E-state index contributed by atoms with van der Waals surface area (Å²) in [6.07, 6.45) is 1.72. The molecule has 3 rings (SSSR count). The Bertz CT molecular complexity index is 639. The van der Waals surface area contributed by atoms with E-state index >= 15 is 0 Å². The molecule has 3 nitrogen and oxygen atoms in total. The Morgan fingerprint density at radius 1 is 1.32 bits per heavy atom. The summed E-state index contributed by atoms with van der Waals surface area (Å²) < 4.78 is 18.9. The van der Waals surface area contributed by atoms with Gasteiger partial charge >= 0.3 is 0 Å². The molecule has 1 unspecified atom stereocenters. The number of halogens is 1. The van der Waals surface area contributed by atoms with Crippen molar-refractivity contribution in [1.29, 1.82) is 0 Å². The monoisotopic (exact) mass is 259 g/mol. The molecule has 0 saturated heterocycles. The fraction of sp³-hybridized carbons (Fsp3) is 0.267. The summed E-state index contributed by atoms with van der Waals surface area (Å²) in [6, 6.07) is 6.20. The lowest BCUT2D eigenvalue weighted by Crippen LogP contribution is -2.22. The predicted molar refractivity (Wildman–Crippen MR) is 68.3 cm³/mol. The van der Waals surface area contributed by atoms with Gasteiger partial charge in [-0.15, -0.1) is 0 Å². The molecule has 1 atom stereocenters. The van der Waals surface area contributed by atoms with Gasteiger partial charge in [0.1, 0.15) is 17.2 Å². The molecule has 1 N–H and O–H groups in total. The molecule has 1 aliphatic heterocycles. The van der Waals surface area contributed by atoms with Gasteiger partial charge in [-0.2, -0.15) is 0 Å². The quantitative estimate of drug-likeness (QED) is 0.856. The molecule has 0 saturated carbocycles. The number of aromatic hydroxyl groups is 1. The molecule has 19 heavy (non-hydrogen) atoms. The highest BCUT2D eigenvalue weighted by atomic mass is 19.1. The van der Waals surface area contributed by atoms with E-state index in [2.05, 4.69) is 4.98 Å². The summed E-state index contributed by atoms with van der Waals surface area (Å²) >= 11 is 0. The standard InChI is InChI=1S/C15H14FNO2/c1-9-14(18)12-8-19-15(2,13(12)7-17-9)10-3-5-11(16)6-4-10/h3-7,18H,8H2,1-2H3. The van der Waals surface area contributed by atoms with Crippen LogP contribution in [-0.4, -0.2) is 10.1 Å². The average molecular weight is 259 g/mol. The first kappa shape index (κ1) is 12.1. The summed E-state index contributed by atoms with van der Waals surface area (Å²) in [7, 11) is 0. The van der Waals surface area contributed by atoms with Gasteiger partial charge in [0, 0.05) is 17.3 Å². The van der Waals surface area contributed by atoms with Crippen molar-refractivity contribution >= 4 is 0 Å². The number of fused-ring (bicyclic) bond motifs is 1. The number of rotatable bonds is 1. The van der Waals surface area contributed by atoms with E-state index in [4.69, 9.17) is 4.74 Å². The van der Waals surface area contributed by atoms with Crippen molar-refractivity contribution in [3.8, 4) is 5.75 Å². The Morgan fingerprint density at radius 3 is 2.68 bits per heavy atom. The van der Waals surface area contributed by atoms with Crippen molar-refractivity contribution in [1.82, 2.24) is 4.98 Å². The Balaban J connectivity index is 2.15. The highest BCUT2D eigenvalue weighted by Gasteiger charge is 2.39. The zero-order valence-electron chi connectivity index (χ0n) is 10.8. The maximum Gasteiger partial charge on any atom is 0.142 e. The molecule has 0 bridgehead atoms. The number of aromatic nitrogens is 1. The molecule has 0 amide bonds. The number of benzene rings is 1. The predicted octanol–water partition coefficient (Wildman–Crippen LogP) is 3.03. The van der Waals surface area contributed by atoms with Gasteiger partial charge in [0.25, 0.3) is 0 Å². The maximum absolute atomic E-state index is 13.0. The Kier molecular flexibility index (Phi) is 2.57. The maximum atomic E-state index is 13.0. The Morgan fingerprint density at radius 2 is 2.00 bits per heavy atom. The van der Waals surface area contributed by atoms with Crippen LogP contribution in [0.25, 0.3) is 0 Å². The molecular weight excluding hydrogens is 245 g/mol. The molecule has 98 valence electrons. The van der Waals surface area contributed by atoms with Crippen LogP contribution < -0.4 is 0 Å². The van der Waals surface area contributed by atoms with E-state index < -0.39 is 5.60 Å². The first-order valence-corrected chi connectivity index (χ1v) is 6.10. The van der Waals surface area contributed by atoms with Gasteiger partial charge in [0.15, 0.2) is 0 Å². The van der Waals surface area contributed by atoms with E-state index in [1.54, 1.807) is 25.3 Å². The third-order valence-electron chi connectivity index (χ3n) is 3.76. The molecule has 0 spiro atoms. The lowest BCUT2D eigenvalue weighted by molar-refractivity contribution is 0.00930. The molecule has 2 aromatic rings. The van der Waals surface area contributed by atoms with Crippen LogP contribution in [-0.2, 0) is 16.9 Å². The van der Waals surface area contributed by atoms with E-state index in [0.717, 1.165) is 16.7 Å². The third-order valence-corrected chi connectivity index (χ3v) is 3.76. The second-order valence-corrected chi connectivity index (χ2v) is 4.91. The third kappa shape index (κ3) is 1.71. The molecular formula is C15H14FNO2. The summed E-state index contributed by atoms with van der Waals surface area (Å²) in [6.45, 7) is 3.99. The van der Waals surface area contributed by atoms with Crippen LogP contribution >= 0.6 is 0 Å². The molecule has 1 aromatic carbocycles. The molecule has 1 aliphatic rings. The van der Waals surface area contributed by atoms with Crippen LogP contribution in [0.3, 0.4) is 0 Å². The molecule has 0 radical (unpaired) electrons. The minimum absolute atomic E-state index is 0.184. The SMILES string of the molecule is Cc1ncc2c(c1O)COC2(C)c1ccc(F)cc1. The van der Waals surface area contributed by atoms with Gasteiger partial charge in [0.2, 0.25) is 0 Å². The van der Waals surface area contributed by atoms with Crippen molar-refractivity contribution in [2.75, 3.05) is 0 Å². The highest BCUT2D eigenvalue weighted by molar-refractivity contribution is 5.49. The van der Waals surface area contributed by atoms with Crippen molar-refractivity contribution < 1.29 is 14.2 Å². The van der Waals surface area contributed by atoms with E-state index in [1.165, 1.54) is 12.1 Å². The first-order valence-electron chi connectivity index (χ1n) is 6.10. The van der Waals surface area contributed by atoms with Gasteiger partial charge in [-0.3, -0.25) is 4.98 Å². The van der Waals surface area contributed by atoms with E-state index in [-0.39, 0.29) is 11.6 Å². The smallest absolute Gasteiger partial charge is 0.142 e. The fourth-order valence-electron chi connectivity index (χ4n) is 2.50. The van der Waals surface area contributed by atoms with E-state index in [1.807, 2.05) is 6.92 Å². The van der Waals surface area contributed by atoms with Crippen LogP contribution in [0.5, 0.6) is 5.75 Å². The van der Waals surface area contributed by atoms with Crippen LogP contribution in [0.4, 0.5) is 4.39 Å². The van der Waals surface area contributed by atoms with Crippen molar-refractivity contribution in [2.45, 2.75) is 26.1 Å². The topological polar surface area (TPSA) is 42.4 Å². The fourth-order valence-corrected chi connectivity index (χ4v) is 2.50. The zero-order valence-corrected chi connectivity index (χ0v) is 10.8. The van der Waals surface area contributed by atoms with Crippen molar-refractivity contribution in [3.05, 3.63) is 58.7 Å². The molecule has 0 aliphatic carbocycles. The number of nitrogens with zero attached hydrogens (tertiary/aromatic N) is 1. The minimum atomic E-state index is -0.693. The second kappa shape index (κ2) is 4.03. The lowest BCUT2D eigenvalue weighted by Gasteiger charge is -2.25. The first-order chi connectivity index (χ1) is 9.02. The second-order valence-electron chi connectivity index (χ2n) is 4.91. The summed E-state index contributed by atoms with van der Waals surface area (Å²) in [5.74, 6) is -0.0983. The molecule has 0 fully saturated rings. The molecule has 4 heteroatoms. The van der Waals surface area contributed by atoms with Crippen LogP contribution in [0.1, 0.15) is 29.3 Å². The number of pyridine rings is 1. The summed E-state index contributed by atoms with van der Waals surface area (Å²) in [5, 5.41) is 10.0. The zero-order chi connectivity index (χ0) is 13.6. The summed E-state index contributed by atoms with van der Waals surface area (Å²) in [4.78, 5) is 4.18. The van der Waals surface area contributed by atoms with Crippen molar-refractivity contribution in [3.63, 3.8) is 0 Å². The van der Waals surface area contributed by atoms with Crippen molar-refractivity contribution in [2.24, 2.45) is 0 Å². The van der Waals surface area contributed by atoms with Crippen LogP contribution in [0.2, 0.25) is 0 Å². The summed E-state index contributed by atoms with van der Waals surface area (Å²) in [5.41, 5.74) is 2.34. The minimum Gasteiger partial charge on any atom is -0.506 e. The van der Waals surface area contributed by atoms with Gasteiger partial charge in [-0.25, -0.2) is 4.39 Å². The number of aryl methyl sites for hydroxylation is 1. The number of hydrogen-bond donors (Lipinski definition) is 1. The normalized spacial score (nSPS) is 21.4. The Hall–Kier alpha value is -1.94. The van der Waals surface area contributed by atoms with Gasteiger partial charge in [-0.05, 0) is 31.5 Å². The molecule has 2 heterocycles. The number of hydrogen-bond acceptors (Lipinski definition) is 3.